The zero-order valence-corrected chi connectivity index (χ0v) is 16.0. The van der Waals surface area contributed by atoms with Crippen molar-refractivity contribution in [2.45, 2.75) is 26.8 Å². The van der Waals surface area contributed by atoms with E-state index < -0.39 is 11.8 Å². The van der Waals surface area contributed by atoms with Gasteiger partial charge in [-0.05, 0) is 31.5 Å². The van der Waals surface area contributed by atoms with E-state index in [-0.39, 0.29) is 29.9 Å². The number of urea groups is 1. The Bertz CT molecular complexity index is 784. The predicted octanol–water partition coefficient (Wildman–Crippen LogP) is 4.56. The first-order chi connectivity index (χ1) is 12.4. The summed E-state index contributed by atoms with van der Waals surface area (Å²) in [5.41, 5.74) is 0.628. The number of aromatic nitrogens is 1. The van der Waals surface area contributed by atoms with E-state index in [2.05, 4.69) is 10.3 Å². The number of rotatable bonds is 7. The Balaban J connectivity index is 2.06. The van der Waals surface area contributed by atoms with E-state index in [1.165, 1.54) is 29.5 Å². The van der Waals surface area contributed by atoms with Gasteiger partial charge >= 0.3 is 12.0 Å². The Hall–Kier alpha value is -2.19. The Morgan fingerprint density at radius 2 is 2.15 bits per heavy atom. The minimum Gasteiger partial charge on any atom is -0.461 e. The van der Waals surface area contributed by atoms with E-state index in [0.29, 0.717) is 17.2 Å². The number of benzene rings is 1. The second-order valence-corrected chi connectivity index (χ2v) is 6.68. The monoisotopic (exact) mass is 399 g/mol. The highest BCUT2D eigenvalue weighted by atomic mass is 35.5. The van der Waals surface area contributed by atoms with Crippen molar-refractivity contribution in [1.82, 2.24) is 9.88 Å². The third kappa shape index (κ3) is 5.40. The molecule has 0 spiro atoms. The molecule has 0 radical (unpaired) electrons. The Kier molecular flexibility index (Phi) is 7.35. The van der Waals surface area contributed by atoms with Crippen LogP contribution in [0.3, 0.4) is 0 Å². The number of carbonyl (C=O) groups excluding carboxylic acids is 2. The molecule has 2 amide bonds. The van der Waals surface area contributed by atoms with Crippen LogP contribution in [0.15, 0.2) is 23.6 Å². The second-order valence-electron chi connectivity index (χ2n) is 5.33. The molecule has 0 saturated heterocycles. The van der Waals surface area contributed by atoms with Crippen molar-refractivity contribution in [3.8, 4) is 0 Å². The number of nitrogens with zero attached hydrogens (tertiary/aromatic N) is 2. The molecule has 2 rings (SSSR count). The lowest BCUT2D eigenvalue weighted by Crippen LogP contribution is -2.35. The molecule has 0 unspecified atom stereocenters. The van der Waals surface area contributed by atoms with Crippen molar-refractivity contribution < 1.29 is 18.7 Å². The van der Waals surface area contributed by atoms with Gasteiger partial charge in [-0.1, -0.05) is 18.5 Å². The molecule has 9 heteroatoms. The molecule has 140 valence electrons. The van der Waals surface area contributed by atoms with Crippen LogP contribution in [0.5, 0.6) is 0 Å². The maximum Gasteiger partial charge on any atom is 0.357 e. The summed E-state index contributed by atoms with van der Waals surface area (Å²) in [4.78, 5) is 30.0. The van der Waals surface area contributed by atoms with E-state index in [4.69, 9.17) is 16.3 Å². The first-order valence-corrected chi connectivity index (χ1v) is 9.32. The molecule has 0 aliphatic carbocycles. The minimum atomic E-state index is -0.552. The number of hydrogen-bond acceptors (Lipinski definition) is 5. The summed E-state index contributed by atoms with van der Waals surface area (Å²) in [6, 6.07) is 3.61. The van der Waals surface area contributed by atoms with Crippen LogP contribution < -0.4 is 5.32 Å². The van der Waals surface area contributed by atoms with Gasteiger partial charge in [0, 0.05) is 17.6 Å². The Morgan fingerprint density at radius 3 is 2.81 bits per heavy atom. The summed E-state index contributed by atoms with van der Waals surface area (Å²) >= 11 is 7.02. The van der Waals surface area contributed by atoms with Crippen LogP contribution in [0.25, 0.3) is 0 Å². The molecule has 0 aliphatic heterocycles. The molecule has 2 aromatic rings. The minimum absolute atomic E-state index is 0.0659. The van der Waals surface area contributed by atoms with E-state index in [1.54, 1.807) is 17.2 Å². The SMILES string of the molecule is CCCN(Cc1nc(C(=O)OCC)cs1)C(=O)Nc1ccc(F)c(Cl)c1. The first-order valence-electron chi connectivity index (χ1n) is 8.07. The number of hydrogen-bond donors (Lipinski definition) is 1. The number of nitrogens with one attached hydrogen (secondary N) is 1. The number of anilines is 1. The molecule has 1 aromatic heterocycles. The number of ether oxygens (including phenoxy) is 1. The summed E-state index contributed by atoms with van der Waals surface area (Å²) in [5, 5.41) is 4.85. The number of carbonyl (C=O) groups is 2. The van der Waals surface area contributed by atoms with Crippen molar-refractivity contribution in [2.24, 2.45) is 0 Å². The third-order valence-electron chi connectivity index (χ3n) is 3.31. The Labute approximate surface area is 159 Å². The smallest absolute Gasteiger partial charge is 0.357 e. The van der Waals surface area contributed by atoms with Crippen LogP contribution in [0.4, 0.5) is 14.9 Å². The van der Waals surface area contributed by atoms with Crippen molar-refractivity contribution in [3.05, 3.63) is 45.1 Å². The fourth-order valence-electron chi connectivity index (χ4n) is 2.14. The van der Waals surface area contributed by atoms with Gasteiger partial charge < -0.3 is 15.0 Å². The van der Waals surface area contributed by atoms with Crippen LogP contribution in [0.1, 0.15) is 35.8 Å². The average Bonchev–Trinajstić information content (AvgIpc) is 3.07. The van der Waals surface area contributed by atoms with Crippen molar-refractivity contribution in [2.75, 3.05) is 18.5 Å². The number of esters is 1. The zero-order valence-electron chi connectivity index (χ0n) is 14.4. The van der Waals surface area contributed by atoms with Crippen LogP contribution in [-0.2, 0) is 11.3 Å². The van der Waals surface area contributed by atoms with Crippen LogP contribution in [-0.4, -0.2) is 35.0 Å². The fourth-order valence-corrected chi connectivity index (χ4v) is 3.10. The zero-order chi connectivity index (χ0) is 19.1. The van der Waals surface area contributed by atoms with Gasteiger partial charge in [0.05, 0.1) is 18.2 Å². The van der Waals surface area contributed by atoms with Crippen molar-refractivity contribution in [3.63, 3.8) is 0 Å². The highest BCUT2D eigenvalue weighted by molar-refractivity contribution is 7.09. The van der Waals surface area contributed by atoms with Crippen molar-refractivity contribution in [1.29, 1.82) is 0 Å². The maximum atomic E-state index is 13.2. The standard InChI is InChI=1S/C17H19ClFN3O3S/c1-3-7-22(9-15-21-14(10-26-15)16(23)25-4-2)17(24)20-11-5-6-13(19)12(18)8-11/h5-6,8,10H,3-4,7,9H2,1-2H3,(H,20,24). The molecule has 0 fully saturated rings. The van der Waals surface area contributed by atoms with Gasteiger partial charge in [-0.25, -0.2) is 19.0 Å². The summed E-state index contributed by atoms with van der Waals surface area (Å²) in [6.07, 6.45) is 0.744. The van der Waals surface area contributed by atoms with Gasteiger partial charge in [0.15, 0.2) is 5.69 Å². The molecule has 26 heavy (non-hydrogen) atoms. The predicted molar refractivity (Wildman–Crippen MR) is 99.2 cm³/mol. The molecule has 1 heterocycles. The molecule has 6 nitrogen and oxygen atoms in total. The largest absolute Gasteiger partial charge is 0.461 e. The third-order valence-corrected chi connectivity index (χ3v) is 4.44. The average molecular weight is 400 g/mol. The van der Waals surface area contributed by atoms with E-state index in [0.717, 1.165) is 6.42 Å². The number of thiazole rings is 1. The molecule has 0 atom stereocenters. The summed E-state index contributed by atoms with van der Waals surface area (Å²) in [7, 11) is 0. The van der Waals surface area contributed by atoms with Crippen LogP contribution in [0.2, 0.25) is 5.02 Å². The lowest BCUT2D eigenvalue weighted by molar-refractivity contribution is 0.0520. The topological polar surface area (TPSA) is 71.5 Å². The maximum absolute atomic E-state index is 13.2. The molecule has 1 N–H and O–H groups in total. The van der Waals surface area contributed by atoms with E-state index in [9.17, 15) is 14.0 Å². The van der Waals surface area contributed by atoms with Gasteiger partial charge in [0.1, 0.15) is 10.8 Å². The molecule has 0 aliphatic rings. The molecule has 0 saturated carbocycles. The lowest BCUT2D eigenvalue weighted by Gasteiger charge is -2.21. The highest BCUT2D eigenvalue weighted by Crippen LogP contribution is 2.20. The fraction of sp³-hybridized carbons (Fsp3) is 0.353. The van der Waals surface area contributed by atoms with E-state index >= 15 is 0 Å². The van der Waals surface area contributed by atoms with Gasteiger partial charge in [-0.2, -0.15) is 0 Å². The van der Waals surface area contributed by atoms with Crippen molar-refractivity contribution >= 4 is 40.6 Å². The quantitative estimate of drug-likeness (QED) is 0.693. The molecular formula is C17H19ClFN3O3S. The second kappa shape index (κ2) is 9.49. The van der Waals surface area contributed by atoms with Gasteiger partial charge in [0.2, 0.25) is 0 Å². The van der Waals surface area contributed by atoms with Gasteiger partial charge in [-0.3, -0.25) is 0 Å². The molecule has 1 aromatic carbocycles. The highest BCUT2D eigenvalue weighted by Gasteiger charge is 2.18. The summed E-state index contributed by atoms with van der Waals surface area (Å²) in [5.74, 6) is -1.04. The van der Waals surface area contributed by atoms with Gasteiger partial charge in [0.25, 0.3) is 0 Å². The molecule has 0 bridgehead atoms. The molecular weight excluding hydrogens is 381 g/mol. The Morgan fingerprint density at radius 1 is 1.38 bits per heavy atom. The van der Waals surface area contributed by atoms with Crippen LogP contribution in [0, 0.1) is 5.82 Å². The number of amides is 2. The normalized spacial score (nSPS) is 10.5. The summed E-state index contributed by atoms with van der Waals surface area (Å²) in [6.45, 7) is 4.69. The number of halogens is 2. The lowest BCUT2D eigenvalue weighted by atomic mass is 10.3. The van der Waals surface area contributed by atoms with Gasteiger partial charge in [-0.15, -0.1) is 11.3 Å². The van der Waals surface area contributed by atoms with E-state index in [1.807, 2.05) is 6.92 Å². The van der Waals surface area contributed by atoms with Crippen LogP contribution >= 0.6 is 22.9 Å². The first kappa shape index (κ1) is 20.1. The summed E-state index contributed by atoms with van der Waals surface area (Å²) < 4.78 is 18.1.